The standard InChI is InChI=1S/C22H23BrN4O3S/c1-14(24-20(29)12-15-4-10-18(30-3)11-5-15)21-25-26-22(27(21)2)31-13-19(28)16-6-8-17(23)9-7-16/h4-11,14H,12-13H2,1-3H3,(H,24,29)/t14-/m0/s1. The van der Waals surface area contributed by atoms with Gasteiger partial charge in [0, 0.05) is 17.1 Å². The first-order chi connectivity index (χ1) is 14.9. The molecule has 2 aromatic carbocycles. The van der Waals surface area contributed by atoms with Gasteiger partial charge in [-0.25, -0.2) is 0 Å². The zero-order valence-electron chi connectivity index (χ0n) is 17.5. The molecule has 0 saturated heterocycles. The average molecular weight is 503 g/mol. The van der Waals surface area contributed by atoms with Crippen LogP contribution in [0.2, 0.25) is 0 Å². The fourth-order valence-corrected chi connectivity index (χ4v) is 4.04. The predicted molar refractivity (Wildman–Crippen MR) is 123 cm³/mol. The number of nitrogens with one attached hydrogen (secondary N) is 1. The summed E-state index contributed by atoms with van der Waals surface area (Å²) in [5, 5.41) is 12.0. The molecule has 3 rings (SSSR count). The van der Waals surface area contributed by atoms with Crippen LogP contribution in [0.4, 0.5) is 0 Å². The van der Waals surface area contributed by atoms with E-state index in [1.165, 1.54) is 11.8 Å². The van der Waals surface area contributed by atoms with Crippen molar-refractivity contribution in [1.82, 2.24) is 20.1 Å². The van der Waals surface area contributed by atoms with Crippen LogP contribution in [0.1, 0.15) is 34.7 Å². The van der Waals surface area contributed by atoms with E-state index in [1.807, 2.05) is 50.4 Å². The van der Waals surface area contributed by atoms with Gasteiger partial charge in [-0.2, -0.15) is 0 Å². The van der Waals surface area contributed by atoms with Crippen molar-refractivity contribution in [1.29, 1.82) is 0 Å². The number of hydrogen-bond donors (Lipinski definition) is 1. The van der Waals surface area contributed by atoms with E-state index in [9.17, 15) is 9.59 Å². The number of methoxy groups -OCH3 is 1. The van der Waals surface area contributed by atoms with Crippen molar-refractivity contribution in [2.45, 2.75) is 24.5 Å². The number of benzene rings is 2. The summed E-state index contributed by atoms with van der Waals surface area (Å²) in [7, 11) is 3.43. The van der Waals surface area contributed by atoms with Gasteiger partial charge in [-0.3, -0.25) is 9.59 Å². The van der Waals surface area contributed by atoms with Gasteiger partial charge in [0.15, 0.2) is 16.8 Å². The Bertz CT molecular complexity index is 1050. The number of hydrogen-bond acceptors (Lipinski definition) is 6. The third-order valence-electron chi connectivity index (χ3n) is 4.66. The van der Waals surface area contributed by atoms with E-state index in [0.29, 0.717) is 16.5 Å². The zero-order valence-corrected chi connectivity index (χ0v) is 19.9. The van der Waals surface area contributed by atoms with Gasteiger partial charge in [-0.15, -0.1) is 10.2 Å². The van der Waals surface area contributed by atoms with E-state index in [2.05, 4.69) is 31.4 Å². The summed E-state index contributed by atoms with van der Waals surface area (Å²) in [6.45, 7) is 1.86. The third kappa shape index (κ3) is 6.18. The molecule has 0 aliphatic heterocycles. The average Bonchev–Trinajstić information content (AvgIpc) is 3.13. The monoisotopic (exact) mass is 502 g/mol. The molecule has 9 heteroatoms. The minimum Gasteiger partial charge on any atom is -0.497 e. The summed E-state index contributed by atoms with van der Waals surface area (Å²) in [5.74, 6) is 1.54. The summed E-state index contributed by atoms with van der Waals surface area (Å²) in [6.07, 6.45) is 0.259. The molecule has 0 saturated carbocycles. The van der Waals surface area contributed by atoms with Crippen LogP contribution in [0.3, 0.4) is 0 Å². The van der Waals surface area contributed by atoms with Crippen molar-refractivity contribution in [3.8, 4) is 5.75 Å². The Morgan fingerprint density at radius 1 is 1.13 bits per heavy atom. The van der Waals surface area contributed by atoms with Crippen LogP contribution in [0.25, 0.3) is 0 Å². The minimum atomic E-state index is -0.320. The van der Waals surface area contributed by atoms with E-state index in [-0.39, 0.29) is 29.9 Å². The first-order valence-corrected chi connectivity index (χ1v) is 11.4. The summed E-state index contributed by atoms with van der Waals surface area (Å²) in [4.78, 5) is 24.8. The van der Waals surface area contributed by atoms with Gasteiger partial charge in [0.25, 0.3) is 0 Å². The molecule has 0 unspecified atom stereocenters. The highest BCUT2D eigenvalue weighted by molar-refractivity contribution is 9.10. The number of Topliss-reactive ketones (excluding diaryl/α,β-unsaturated/α-hetero) is 1. The highest BCUT2D eigenvalue weighted by Crippen LogP contribution is 2.21. The number of halogens is 1. The van der Waals surface area contributed by atoms with Gasteiger partial charge in [0.05, 0.1) is 25.3 Å². The van der Waals surface area contributed by atoms with E-state index in [0.717, 1.165) is 15.8 Å². The van der Waals surface area contributed by atoms with E-state index in [1.54, 1.807) is 23.8 Å². The number of ether oxygens (including phenoxy) is 1. The zero-order chi connectivity index (χ0) is 22.4. The molecule has 31 heavy (non-hydrogen) atoms. The SMILES string of the molecule is COc1ccc(CC(=O)N[C@@H](C)c2nnc(SCC(=O)c3ccc(Br)cc3)n2C)cc1. The lowest BCUT2D eigenvalue weighted by molar-refractivity contribution is -0.121. The van der Waals surface area contributed by atoms with Crippen molar-refractivity contribution < 1.29 is 14.3 Å². The molecule has 0 spiro atoms. The van der Waals surface area contributed by atoms with Gasteiger partial charge < -0.3 is 14.6 Å². The molecule has 1 heterocycles. The molecule has 1 N–H and O–H groups in total. The van der Waals surface area contributed by atoms with Crippen LogP contribution < -0.4 is 10.1 Å². The van der Waals surface area contributed by atoms with Gasteiger partial charge in [-0.05, 0) is 36.8 Å². The molecule has 0 aliphatic rings. The molecular weight excluding hydrogens is 480 g/mol. The minimum absolute atomic E-state index is 0.0166. The number of aromatic nitrogens is 3. The molecule has 1 aromatic heterocycles. The Kier molecular flexibility index (Phi) is 7.86. The third-order valence-corrected chi connectivity index (χ3v) is 6.20. The van der Waals surface area contributed by atoms with Crippen LogP contribution in [-0.2, 0) is 18.3 Å². The maximum Gasteiger partial charge on any atom is 0.224 e. The van der Waals surface area contributed by atoms with Gasteiger partial charge in [0.2, 0.25) is 5.91 Å². The van der Waals surface area contributed by atoms with Crippen LogP contribution in [0.5, 0.6) is 5.75 Å². The molecule has 1 atom stereocenters. The first-order valence-electron chi connectivity index (χ1n) is 9.60. The second kappa shape index (κ2) is 10.6. The lowest BCUT2D eigenvalue weighted by Gasteiger charge is -2.14. The molecule has 7 nitrogen and oxygen atoms in total. The fourth-order valence-electron chi connectivity index (χ4n) is 2.96. The largest absolute Gasteiger partial charge is 0.497 e. The summed E-state index contributed by atoms with van der Waals surface area (Å²) >= 11 is 4.68. The maximum absolute atomic E-state index is 12.4. The van der Waals surface area contributed by atoms with E-state index >= 15 is 0 Å². The predicted octanol–water partition coefficient (Wildman–Crippen LogP) is 3.98. The number of amides is 1. The molecular formula is C22H23BrN4O3S. The van der Waals surface area contributed by atoms with Crippen molar-refractivity contribution >= 4 is 39.4 Å². The number of rotatable bonds is 9. The Hall–Kier alpha value is -2.65. The second-order valence-electron chi connectivity index (χ2n) is 6.93. The first kappa shape index (κ1) is 23.0. The highest BCUT2D eigenvalue weighted by atomic mass is 79.9. The van der Waals surface area contributed by atoms with Gasteiger partial charge >= 0.3 is 0 Å². The Balaban J connectivity index is 1.56. The lowest BCUT2D eigenvalue weighted by Crippen LogP contribution is -2.29. The fraction of sp³-hybridized carbons (Fsp3) is 0.273. The maximum atomic E-state index is 12.4. The van der Waals surface area contributed by atoms with E-state index < -0.39 is 0 Å². The molecule has 0 bridgehead atoms. The lowest BCUT2D eigenvalue weighted by atomic mass is 10.1. The molecule has 1 amide bonds. The summed E-state index contributed by atoms with van der Waals surface area (Å²) in [6, 6.07) is 14.3. The number of nitrogens with zero attached hydrogens (tertiary/aromatic N) is 3. The van der Waals surface area contributed by atoms with Crippen LogP contribution >= 0.6 is 27.7 Å². The molecule has 3 aromatic rings. The van der Waals surface area contributed by atoms with Crippen LogP contribution in [-0.4, -0.2) is 39.3 Å². The smallest absolute Gasteiger partial charge is 0.224 e. The van der Waals surface area contributed by atoms with Crippen molar-refractivity contribution in [3.05, 3.63) is 70.0 Å². The number of ketones is 1. The summed E-state index contributed by atoms with van der Waals surface area (Å²) < 4.78 is 7.86. The van der Waals surface area contributed by atoms with Crippen LogP contribution in [0, 0.1) is 0 Å². The second-order valence-corrected chi connectivity index (χ2v) is 8.79. The number of thioether (sulfide) groups is 1. The molecule has 0 aliphatic carbocycles. The Morgan fingerprint density at radius 3 is 2.45 bits per heavy atom. The number of carbonyl (C=O) groups excluding carboxylic acids is 2. The molecule has 0 fully saturated rings. The van der Waals surface area contributed by atoms with Gasteiger partial charge in [-0.1, -0.05) is 52.0 Å². The van der Waals surface area contributed by atoms with Crippen LogP contribution in [0.15, 0.2) is 58.2 Å². The molecule has 162 valence electrons. The quantitative estimate of drug-likeness (QED) is 0.351. The van der Waals surface area contributed by atoms with E-state index in [4.69, 9.17) is 4.74 Å². The summed E-state index contributed by atoms with van der Waals surface area (Å²) in [5.41, 5.74) is 1.54. The number of carbonyl (C=O) groups is 2. The van der Waals surface area contributed by atoms with Crippen molar-refractivity contribution in [3.63, 3.8) is 0 Å². The molecule has 0 radical (unpaired) electrons. The highest BCUT2D eigenvalue weighted by Gasteiger charge is 2.19. The van der Waals surface area contributed by atoms with Gasteiger partial charge in [0.1, 0.15) is 5.75 Å². The Labute approximate surface area is 193 Å². The van der Waals surface area contributed by atoms with Crippen molar-refractivity contribution in [2.24, 2.45) is 7.05 Å². The van der Waals surface area contributed by atoms with Crippen molar-refractivity contribution in [2.75, 3.05) is 12.9 Å². The topological polar surface area (TPSA) is 86.1 Å². The normalized spacial score (nSPS) is 11.7. The Morgan fingerprint density at radius 2 is 1.81 bits per heavy atom.